The van der Waals surface area contributed by atoms with Crippen LogP contribution < -0.4 is 11.2 Å². The molecule has 1 aromatic heterocycles. The molecule has 0 aliphatic heterocycles. The molecule has 0 amide bonds. The normalized spacial score (nSPS) is 11.5. The molecule has 0 radical (unpaired) electrons. The smallest absolute Gasteiger partial charge is 0.284 e. The van der Waals surface area contributed by atoms with Crippen LogP contribution in [-0.2, 0) is 17.1 Å². The third-order valence-electron chi connectivity index (χ3n) is 2.78. The molecule has 6 nitrogen and oxygen atoms in total. The summed E-state index contributed by atoms with van der Waals surface area (Å²) in [5.41, 5.74) is 0.104. The number of hydrogen-bond acceptors (Lipinski definition) is 4. The van der Waals surface area contributed by atoms with E-state index < -0.39 is 15.7 Å². The quantitative estimate of drug-likeness (QED) is 0.853. The average molecular weight is 279 g/mol. The van der Waals surface area contributed by atoms with Crippen LogP contribution in [0.15, 0.2) is 46.2 Å². The van der Waals surface area contributed by atoms with Gasteiger partial charge < -0.3 is 0 Å². The summed E-state index contributed by atoms with van der Waals surface area (Å²) >= 11 is 0. The second-order valence-corrected chi connectivity index (χ2v) is 5.97. The van der Waals surface area contributed by atoms with E-state index in [9.17, 15) is 13.2 Å². The Hall–Kier alpha value is -2.15. The van der Waals surface area contributed by atoms with Crippen molar-refractivity contribution in [3.8, 4) is 0 Å². The Labute approximate surface area is 110 Å². The van der Waals surface area contributed by atoms with Gasteiger partial charge in [-0.05, 0) is 25.1 Å². The fraction of sp³-hybridized carbons (Fsp3) is 0.167. The minimum atomic E-state index is -3.93. The molecule has 2 aromatic rings. The predicted molar refractivity (Wildman–Crippen MR) is 69.3 cm³/mol. The van der Waals surface area contributed by atoms with Gasteiger partial charge in [-0.3, -0.25) is 9.98 Å². The zero-order valence-electron chi connectivity index (χ0n) is 10.5. The van der Waals surface area contributed by atoms with Crippen molar-refractivity contribution in [2.75, 3.05) is 0 Å². The van der Waals surface area contributed by atoms with Crippen molar-refractivity contribution in [2.45, 2.75) is 11.8 Å². The van der Waals surface area contributed by atoms with Gasteiger partial charge in [-0.25, -0.2) is 13.2 Å². The van der Waals surface area contributed by atoms with Crippen LogP contribution in [0.25, 0.3) is 0 Å². The van der Waals surface area contributed by atoms with Crippen molar-refractivity contribution >= 4 is 10.0 Å². The summed E-state index contributed by atoms with van der Waals surface area (Å²) in [6, 6.07) is 7.48. The molecular formula is C12H13N3O3S. The largest absolute Gasteiger partial charge is 0.343 e. The molecule has 1 N–H and O–H groups in total. The number of aromatic nitrogens is 2. The maximum Gasteiger partial charge on any atom is 0.343 e. The molecule has 1 heterocycles. The molecule has 7 heteroatoms. The summed E-state index contributed by atoms with van der Waals surface area (Å²) in [6.45, 7) is 1.84. The highest BCUT2D eigenvalue weighted by atomic mass is 32.2. The van der Waals surface area contributed by atoms with Crippen LogP contribution in [0.3, 0.4) is 0 Å². The number of rotatable bonds is 2. The molecule has 19 heavy (non-hydrogen) atoms. The standard InChI is InChI=1S/C12H13N3O3S/c1-9-3-5-10(6-4-9)19(17,18)15-8-7-11(13)14(2)12(15)16/h3-8,13H,1-2H3. The second kappa shape index (κ2) is 4.51. The number of aryl methyl sites for hydroxylation is 1. The molecule has 0 spiro atoms. The fourth-order valence-electron chi connectivity index (χ4n) is 1.57. The van der Waals surface area contributed by atoms with Crippen molar-refractivity contribution in [1.29, 1.82) is 5.41 Å². The summed E-state index contributed by atoms with van der Waals surface area (Å²) < 4.78 is 26.2. The Kier molecular flexibility index (Phi) is 3.15. The van der Waals surface area contributed by atoms with Gasteiger partial charge in [0.05, 0.1) is 4.90 Å². The lowest BCUT2D eigenvalue weighted by molar-refractivity contribution is 0.578. The Morgan fingerprint density at radius 3 is 2.26 bits per heavy atom. The van der Waals surface area contributed by atoms with E-state index in [0.29, 0.717) is 3.97 Å². The molecule has 1 aromatic carbocycles. The molecule has 0 fully saturated rings. The van der Waals surface area contributed by atoms with E-state index in [1.807, 2.05) is 6.92 Å². The highest BCUT2D eigenvalue weighted by Gasteiger charge is 2.18. The molecule has 0 atom stereocenters. The monoisotopic (exact) mass is 279 g/mol. The lowest BCUT2D eigenvalue weighted by Crippen LogP contribution is -2.39. The molecule has 0 saturated heterocycles. The summed E-state index contributed by atoms with van der Waals surface area (Å²) in [4.78, 5) is 11.9. The average Bonchev–Trinajstić information content (AvgIpc) is 2.36. The van der Waals surface area contributed by atoms with E-state index >= 15 is 0 Å². The van der Waals surface area contributed by atoms with Crippen LogP contribution in [0.5, 0.6) is 0 Å². The van der Waals surface area contributed by atoms with Crippen LogP contribution in [0.1, 0.15) is 5.56 Å². The summed E-state index contributed by atoms with van der Waals surface area (Å²) in [6.07, 6.45) is 1.10. The first-order chi connectivity index (χ1) is 8.84. The van der Waals surface area contributed by atoms with E-state index in [0.717, 1.165) is 16.3 Å². The van der Waals surface area contributed by atoms with Gasteiger partial charge in [0, 0.05) is 13.2 Å². The van der Waals surface area contributed by atoms with Gasteiger partial charge in [-0.2, -0.15) is 3.97 Å². The molecule has 0 saturated carbocycles. The lowest BCUT2D eigenvalue weighted by Gasteiger charge is -2.09. The molecular weight excluding hydrogens is 266 g/mol. The zero-order valence-corrected chi connectivity index (χ0v) is 11.3. The minimum absolute atomic E-state index is 0.0398. The Morgan fingerprint density at radius 1 is 1.11 bits per heavy atom. The van der Waals surface area contributed by atoms with E-state index in [1.165, 1.54) is 25.2 Å². The van der Waals surface area contributed by atoms with Gasteiger partial charge in [-0.15, -0.1) is 0 Å². The number of benzene rings is 1. The summed E-state index contributed by atoms with van der Waals surface area (Å²) in [5.74, 6) is 0. The first kappa shape index (κ1) is 13.3. The van der Waals surface area contributed by atoms with Gasteiger partial charge in [0.1, 0.15) is 5.49 Å². The number of hydrogen-bond donors (Lipinski definition) is 1. The van der Waals surface area contributed by atoms with E-state index in [1.54, 1.807) is 12.1 Å². The Morgan fingerprint density at radius 2 is 1.68 bits per heavy atom. The van der Waals surface area contributed by atoms with Crippen LogP contribution >= 0.6 is 0 Å². The fourth-order valence-corrected chi connectivity index (χ4v) is 2.83. The Balaban J connectivity index is 2.71. The highest BCUT2D eigenvalue weighted by molar-refractivity contribution is 7.90. The molecule has 2 rings (SSSR count). The molecule has 0 aliphatic rings. The maximum absolute atomic E-state index is 12.3. The van der Waals surface area contributed by atoms with E-state index in [4.69, 9.17) is 5.41 Å². The Bertz CT molecular complexity index is 830. The first-order valence-electron chi connectivity index (χ1n) is 5.49. The number of nitrogens with zero attached hydrogens (tertiary/aromatic N) is 2. The van der Waals surface area contributed by atoms with Crippen molar-refractivity contribution in [3.05, 3.63) is 58.1 Å². The highest BCUT2D eigenvalue weighted by Crippen LogP contribution is 2.12. The summed E-state index contributed by atoms with van der Waals surface area (Å²) in [7, 11) is -2.57. The lowest BCUT2D eigenvalue weighted by atomic mass is 10.2. The first-order valence-corrected chi connectivity index (χ1v) is 6.93. The SMILES string of the molecule is Cc1ccc(S(=O)(=O)n2ccc(=N)n(C)c2=O)cc1. The summed E-state index contributed by atoms with van der Waals surface area (Å²) in [5, 5.41) is 7.45. The van der Waals surface area contributed by atoms with Crippen LogP contribution in [0.2, 0.25) is 0 Å². The van der Waals surface area contributed by atoms with Gasteiger partial charge in [0.15, 0.2) is 0 Å². The van der Waals surface area contributed by atoms with Crippen LogP contribution in [0, 0.1) is 12.3 Å². The van der Waals surface area contributed by atoms with Crippen LogP contribution in [-0.4, -0.2) is 17.0 Å². The van der Waals surface area contributed by atoms with Crippen molar-refractivity contribution < 1.29 is 8.42 Å². The molecule has 0 unspecified atom stereocenters. The van der Waals surface area contributed by atoms with Gasteiger partial charge >= 0.3 is 5.69 Å². The maximum atomic E-state index is 12.3. The van der Waals surface area contributed by atoms with Crippen LogP contribution in [0.4, 0.5) is 0 Å². The van der Waals surface area contributed by atoms with Gasteiger partial charge in [0.25, 0.3) is 10.0 Å². The van der Waals surface area contributed by atoms with Gasteiger partial charge in [0.2, 0.25) is 0 Å². The van der Waals surface area contributed by atoms with Crippen molar-refractivity contribution in [2.24, 2.45) is 7.05 Å². The molecule has 100 valence electrons. The van der Waals surface area contributed by atoms with Gasteiger partial charge in [-0.1, -0.05) is 17.7 Å². The third-order valence-corrected chi connectivity index (χ3v) is 4.45. The van der Waals surface area contributed by atoms with Crippen molar-refractivity contribution in [3.63, 3.8) is 0 Å². The second-order valence-electron chi connectivity index (χ2n) is 4.16. The number of nitrogens with one attached hydrogen (secondary N) is 1. The van der Waals surface area contributed by atoms with E-state index in [-0.39, 0.29) is 10.4 Å². The molecule has 0 aliphatic carbocycles. The third kappa shape index (κ3) is 2.24. The minimum Gasteiger partial charge on any atom is -0.284 e. The van der Waals surface area contributed by atoms with Crippen molar-refractivity contribution in [1.82, 2.24) is 8.54 Å². The zero-order chi connectivity index (χ0) is 14.2. The predicted octanol–water partition coefficient (Wildman–Crippen LogP) is 0.212. The van der Waals surface area contributed by atoms with E-state index in [2.05, 4.69) is 0 Å². The molecule has 0 bridgehead atoms. The topological polar surface area (TPSA) is 84.9 Å².